The molecule has 1 N–H and O–H groups in total. The van der Waals surface area contributed by atoms with Gasteiger partial charge in [-0.2, -0.15) is 5.10 Å². The van der Waals surface area contributed by atoms with Gasteiger partial charge in [0.1, 0.15) is 0 Å². The highest BCUT2D eigenvalue weighted by Crippen LogP contribution is 2.08. The van der Waals surface area contributed by atoms with Gasteiger partial charge in [-0.3, -0.25) is 0 Å². The summed E-state index contributed by atoms with van der Waals surface area (Å²) in [6, 6.07) is 10.3. The number of ether oxygens (including phenoxy) is 1. The van der Waals surface area contributed by atoms with Crippen molar-refractivity contribution in [1.82, 2.24) is 15.1 Å². The van der Waals surface area contributed by atoms with Crippen LogP contribution in [-0.4, -0.2) is 29.5 Å². The molecule has 0 atom stereocenters. The predicted molar refractivity (Wildman–Crippen MR) is 71.8 cm³/mol. The van der Waals surface area contributed by atoms with E-state index in [1.54, 1.807) is 6.20 Å². The number of aromatic nitrogens is 2. The summed E-state index contributed by atoms with van der Waals surface area (Å²) in [6.45, 7) is 5.30. The second kappa shape index (κ2) is 6.93. The van der Waals surface area contributed by atoms with Crippen molar-refractivity contribution in [2.75, 3.05) is 19.8 Å². The molecule has 1 aromatic carbocycles. The summed E-state index contributed by atoms with van der Waals surface area (Å²) < 4.78 is 7.12. The van der Waals surface area contributed by atoms with Crippen molar-refractivity contribution in [2.45, 2.75) is 13.5 Å². The molecule has 2 rings (SSSR count). The van der Waals surface area contributed by atoms with Gasteiger partial charge in [0.15, 0.2) is 0 Å². The Morgan fingerprint density at radius 3 is 2.78 bits per heavy atom. The number of nitrogens with zero attached hydrogens (tertiary/aromatic N) is 2. The Morgan fingerprint density at radius 2 is 2.11 bits per heavy atom. The van der Waals surface area contributed by atoms with Gasteiger partial charge in [0.05, 0.1) is 12.3 Å². The van der Waals surface area contributed by atoms with E-state index < -0.39 is 0 Å². The van der Waals surface area contributed by atoms with Crippen LogP contribution in [0.15, 0.2) is 42.7 Å². The molecule has 0 saturated carbocycles. The second-order valence-corrected chi connectivity index (χ2v) is 3.99. The van der Waals surface area contributed by atoms with Crippen molar-refractivity contribution in [2.24, 2.45) is 0 Å². The van der Waals surface area contributed by atoms with Gasteiger partial charge in [0.25, 0.3) is 0 Å². The molecule has 2 aromatic rings. The topological polar surface area (TPSA) is 39.1 Å². The highest BCUT2D eigenvalue weighted by molar-refractivity contribution is 5.33. The summed E-state index contributed by atoms with van der Waals surface area (Å²) in [7, 11) is 0. The van der Waals surface area contributed by atoms with Gasteiger partial charge >= 0.3 is 0 Å². The number of nitrogens with one attached hydrogen (secondary N) is 1. The van der Waals surface area contributed by atoms with E-state index in [1.807, 2.05) is 23.9 Å². The molecule has 0 spiro atoms. The van der Waals surface area contributed by atoms with Gasteiger partial charge in [-0.1, -0.05) is 12.1 Å². The highest BCUT2D eigenvalue weighted by atomic mass is 16.5. The fourth-order valence-electron chi connectivity index (χ4n) is 1.71. The van der Waals surface area contributed by atoms with Gasteiger partial charge in [-0.15, -0.1) is 0 Å². The average Bonchev–Trinajstić information content (AvgIpc) is 2.93. The van der Waals surface area contributed by atoms with Crippen molar-refractivity contribution in [3.63, 3.8) is 0 Å². The smallest absolute Gasteiger partial charge is 0.0645 e. The normalized spacial score (nSPS) is 10.7. The molecule has 0 saturated heterocycles. The van der Waals surface area contributed by atoms with E-state index in [4.69, 9.17) is 4.74 Å². The first-order chi connectivity index (χ1) is 8.90. The molecule has 1 heterocycles. The van der Waals surface area contributed by atoms with Crippen molar-refractivity contribution < 1.29 is 4.74 Å². The Hall–Kier alpha value is -1.65. The number of hydrogen-bond donors (Lipinski definition) is 1. The third-order valence-electron chi connectivity index (χ3n) is 2.66. The maximum absolute atomic E-state index is 5.27. The van der Waals surface area contributed by atoms with Crippen LogP contribution >= 0.6 is 0 Å². The molecule has 0 aliphatic heterocycles. The molecule has 1 aromatic heterocycles. The molecule has 0 amide bonds. The summed E-state index contributed by atoms with van der Waals surface area (Å²) in [6.07, 6.45) is 3.72. The maximum atomic E-state index is 5.27. The van der Waals surface area contributed by atoms with Crippen LogP contribution in [0.25, 0.3) is 5.69 Å². The molecule has 0 unspecified atom stereocenters. The maximum Gasteiger partial charge on any atom is 0.0645 e. The van der Waals surface area contributed by atoms with Crippen LogP contribution in [0.2, 0.25) is 0 Å². The molecule has 0 aliphatic carbocycles. The summed E-state index contributed by atoms with van der Waals surface area (Å²) in [4.78, 5) is 0. The number of benzene rings is 1. The first-order valence-corrected chi connectivity index (χ1v) is 6.27. The zero-order chi connectivity index (χ0) is 12.6. The van der Waals surface area contributed by atoms with Crippen molar-refractivity contribution in [3.8, 4) is 5.69 Å². The lowest BCUT2D eigenvalue weighted by Crippen LogP contribution is -2.19. The van der Waals surface area contributed by atoms with Crippen LogP contribution in [0.1, 0.15) is 12.5 Å². The van der Waals surface area contributed by atoms with Crippen LogP contribution < -0.4 is 5.32 Å². The van der Waals surface area contributed by atoms with E-state index in [1.165, 1.54) is 5.56 Å². The Balaban J connectivity index is 1.81. The van der Waals surface area contributed by atoms with Crippen molar-refractivity contribution in [3.05, 3.63) is 48.3 Å². The average molecular weight is 245 g/mol. The molecule has 96 valence electrons. The first kappa shape index (κ1) is 12.8. The quantitative estimate of drug-likeness (QED) is 0.758. The fourth-order valence-corrected chi connectivity index (χ4v) is 1.71. The van der Waals surface area contributed by atoms with Gasteiger partial charge in [-0.05, 0) is 30.7 Å². The predicted octanol–water partition coefficient (Wildman–Crippen LogP) is 2.00. The lowest BCUT2D eigenvalue weighted by atomic mass is 10.2. The summed E-state index contributed by atoms with van der Waals surface area (Å²) in [5.74, 6) is 0. The minimum absolute atomic E-state index is 0.766. The van der Waals surface area contributed by atoms with Gasteiger partial charge in [0, 0.05) is 32.1 Å². The third-order valence-corrected chi connectivity index (χ3v) is 2.66. The molecular formula is C14H19N3O. The lowest BCUT2D eigenvalue weighted by Gasteiger charge is -2.06. The van der Waals surface area contributed by atoms with Crippen LogP contribution in [-0.2, 0) is 11.3 Å². The van der Waals surface area contributed by atoms with E-state index in [2.05, 4.69) is 34.7 Å². The first-order valence-electron chi connectivity index (χ1n) is 6.27. The van der Waals surface area contributed by atoms with Gasteiger partial charge in [-0.25, -0.2) is 4.68 Å². The van der Waals surface area contributed by atoms with Crippen LogP contribution in [0.3, 0.4) is 0 Å². The highest BCUT2D eigenvalue weighted by Gasteiger charge is 1.96. The van der Waals surface area contributed by atoms with E-state index in [9.17, 15) is 0 Å². The van der Waals surface area contributed by atoms with Crippen LogP contribution in [0, 0.1) is 0 Å². The number of hydrogen-bond acceptors (Lipinski definition) is 3. The van der Waals surface area contributed by atoms with E-state index in [0.717, 1.165) is 32.0 Å². The standard InChI is InChI=1S/C14H19N3O/c1-2-18-11-9-15-12-13-4-6-14(7-5-13)17-10-3-8-16-17/h3-8,10,15H,2,9,11-12H2,1H3. The Kier molecular flexibility index (Phi) is 4.93. The Labute approximate surface area is 108 Å². The third kappa shape index (κ3) is 3.68. The largest absolute Gasteiger partial charge is 0.380 e. The van der Waals surface area contributed by atoms with E-state index >= 15 is 0 Å². The van der Waals surface area contributed by atoms with Crippen LogP contribution in [0.5, 0.6) is 0 Å². The molecular weight excluding hydrogens is 226 g/mol. The van der Waals surface area contributed by atoms with Crippen molar-refractivity contribution >= 4 is 0 Å². The monoisotopic (exact) mass is 245 g/mol. The molecule has 4 nitrogen and oxygen atoms in total. The van der Waals surface area contributed by atoms with Gasteiger partial charge in [0.2, 0.25) is 0 Å². The molecule has 18 heavy (non-hydrogen) atoms. The zero-order valence-corrected chi connectivity index (χ0v) is 10.7. The zero-order valence-electron chi connectivity index (χ0n) is 10.7. The Bertz CT molecular complexity index is 437. The summed E-state index contributed by atoms with van der Waals surface area (Å²) in [5.41, 5.74) is 2.35. The summed E-state index contributed by atoms with van der Waals surface area (Å²) >= 11 is 0. The minimum Gasteiger partial charge on any atom is -0.380 e. The molecule has 0 fully saturated rings. The fraction of sp³-hybridized carbons (Fsp3) is 0.357. The number of rotatable bonds is 7. The van der Waals surface area contributed by atoms with Gasteiger partial charge < -0.3 is 10.1 Å². The SMILES string of the molecule is CCOCCNCc1ccc(-n2cccn2)cc1. The second-order valence-electron chi connectivity index (χ2n) is 3.99. The molecule has 0 radical (unpaired) electrons. The van der Waals surface area contributed by atoms with E-state index in [0.29, 0.717) is 0 Å². The minimum atomic E-state index is 0.766. The molecule has 0 bridgehead atoms. The molecule has 0 aliphatic rings. The Morgan fingerprint density at radius 1 is 1.28 bits per heavy atom. The lowest BCUT2D eigenvalue weighted by molar-refractivity contribution is 0.149. The summed E-state index contributed by atoms with van der Waals surface area (Å²) in [5, 5.41) is 7.54. The molecule has 4 heteroatoms. The van der Waals surface area contributed by atoms with E-state index in [-0.39, 0.29) is 0 Å². The van der Waals surface area contributed by atoms with Crippen LogP contribution in [0.4, 0.5) is 0 Å². The van der Waals surface area contributed by atoms with Crippen molar-refractivity contribution in [1.29, 1.82) is 0 Å².